The number of carbonyl (C=O) groups is 2. The molecule has 3 aliphatic rings. The largest absolute Gasteiger partial charge is 0.361 e. The van der Waals surface area contributed by atoms with Crippen LogP contribution in [0.1, 0.15) is 24.8 Å². The van der Waals surface area contributed by atoms with Gasteiger partial charge in [-0.1, -0.05) is 23.7 Å². The fourth-order valence-corrected chi connectivity index (χ4v) is 5.38. The third kappa shape index (κ3) is 4.89. The monoisotopic (exact) mass is 448 g/mol. The second-order valence-electron chi connectivity index (χ2n) is 8.22. The molecule has 0 radical (unpaired) electrons. The van der Waals surface area contributed by atoms with Crippen LogP contribution in [-0.2, 0) is 16.0 Å². The molecular weight excluding hydrogens is 420 g/mol. The van der Waals surface area contributed by atoms with E-state index in [4.69, 9.17) is 11.6 Å². The van der Waals surface area contributed by atoms with Crippen LogP contribution in [0.5, 0.6) is 0 Å². The van der Waals surface area contributed by atoms with Gasteiger partial charge in [-0.05, 0) is 42.7 Å². The van der Waals surface area contributed by atoms with E-state index in [2.05, 4.69) is 17.0 Å². The zero-order chi connectivity index (χ0) is 21.1. The summed E-state index contributed by atoms with van der Waals surface area (Å²) in [4.78, 5) is 33.4. The third-order valence-corrected chi connectivity index (χ3v) is 7.28. The van der Waals surface area contributed by atoms with Crippen LogP contribution in [0.4, 0.5) is 0 Å². The minimum absolute atomic E-state index is 0.140. The fraction of sp³-hybridized carbons (Fsp3) is 0.545. The molecule has 0 unspecified atom stereocenters. The highest BCUT2D eigenvalue weighted by Gasteiger charge is 2.40. The van der Waals surface area contributed by atoms with E-state index in [1.165, 1.54) is 5.56 Å². The van der Waals surface area contributed by atoms with Gasteiger partial charge in [0.15, 0.2) is 0 Å². The molecule has 3 aliphatic heterocycles. The summed E-state index contributed by atoms with van der Waals surface area (Å²) in [6, 6.07) is 8.20. The van der Waals surface area contributed by atoms with Gasteiger partial charge in [-0.3, -0.25) is 9.59 Å². The molecule has 3 heterocycles. The smallest absolute Gasteiger partial charge is 0.273 e. The lowest BCUT2D eigenvalue weighted by molar-refractivity contribution is -0.133. The quantitative estimate of drug-likeness (QED) is 0.600. The number of nitrogens with zero attached hydrogens (tertiary/aromatic N) is 4. The van der Waals surface area contributed by atoms with Crippen molar-refractivity contribution in [1.82, 2.24) is 19.6 Å². The number of thioether (sulfide) groups is 1. The summed E-state index contributed by atoms with van der Waals surface area (Å²) in [5.41, 5.74) is 2.09. The Hall–Kier alpha value is -1.86. The molecule has 2 amide bonds. The number of hydrogen-bond acceptors (Lipinski definition) is 5. The minimum atomic E-state index is 0.140. The highest BCUT2D eigenvalue weighted by atomic mass is 35.5. The van der Waals surface area contributed by atoms with Gasteiger partial charge in [0.1, 0.15) is 5.70 Å². The van der Waals surface area contributed by atoms with E-state index in [0.29, 0.717) is 13.1 Å². The average molecular weight is 449 g/mol. The molecule has 162 valence electrons. The molecule has 0 atom stereocenters. The molecule has 2 saturated heterocycles. The first kappa shape index (κ1) is 21.4. The number of amides is 2. The summed E-state index contributed by atoms with van der Waals surface area (Å²) in [5, 5.41) is 0.764. The Morgan fingerprint density at radius 2 is 1.87 bits per heavy atom. The van der Waals surface area contributed by atoms with Crippen LogP contribution in [0.25, 0.3) is 0 Å². The second-order valence-corrected chi connectivity index (χ2v) is 9.88. The van der Waals surface area contributed by atoms with Gasteiger partial charge in [-0.2, -0.15) is 11.8 Å². The molecule has 0 aromatic heterocycles. The SMILES string of the molecule is CN1C=C2C(=O)N(C3CCN(C(=O)CCSCCc4ccc(Cl)cc4)CC3)CN2C1. The lowest BCUT2D eigenvalue weighted by atomic mass is 10.0. The Labute approximate surface area is 187 Å². The van der Waals surface area contributed by atoms with E-state index >= 15 is 0 Å². The average Bonchev–Trinajstić information content (AvgIpc) is 3.26. The lowest BCUT2D eigenvalue weighted by Crippen LogP contribution is -2.48. The van der Waals surface area contributed by atoms with E-state index in [0.717, 1.165) is 61.2 Å². The highest BCUT2D eigenvalue weighted by molar-refractivity contribution is 7.99. The molecule has 30 heavy (non-hydrogen) atoms. The van der Waals surface area contributed by atoms with Crippen molar-refractivity contribution in [3.63, 3.8) is 0 Å². The predicted molar refractivity (Wildman–Crippen MR) is 121 cm³/mol. The summed E-state index contributed by atoms with van der Waals surface area (Å²) >= 11 is 7.74. The molecule has 2 fully saturated rings. The number of benzene rings is 1. The Balaban J connectivity index is 1.14. The first-order valence-electron chi connectivity index (χ1n) is 10.6. The van der Waals surface area contributed by atoms with Crippen molar-refractivity contribution in [2.45, 2.75) is 31.7 Å². The van der Waals surface area contributed by atoms with E-state index in [9.17, 15) is 9.59 Å². The third-order valence-electron chi connectivity index (χ3n) is 6.05. The van der Waals surface area contributed by atoms with Crippen LogP contribution in [0.15, 0.2) is 36.2 Å². The van der Waals surface area contributed by atoms with Gasteiger partial charge < -0.3 is 19.6 Å². The summed E-state index contributed by atoms with van der Waals surface area (Å²) in [7, 11) is 1.99. The van der Waals surface area contributed by atoms with Gasteiger partial charge in [0.25, 0.3) is 5.91 Å². The van der Waals surface area contributed by atoms with Crippen molar-refractivity contribution in [2.75, 3.05) is 45.0 Å². The molecule has 0 aliphatic carbocycles. The molecule has 1 aromatic rings. The number of fused-ring (bicyclic) bond motifs is 1. The van der Waals surface area contributed by atoms with Gasteiger partial charge in [-0.15, -0.1) is 0 Å². The Kier molecular flexibility index (Phi) is 6.78. The molecule has 1 aromatic carbocycles. The number of piperidine rings is 1. The maximum absolute atomic E-state index is 12.7. The van der Waals surface area contributed by atoms with Gasteiger partial charge in [0.05, 0.1) is 13.3 Å². The highest BCUT2D eigenvalue weighted by Crippen LogP contribution is 2.29. The minimum Gasteiger partial charge on any atom is -0.361 e. The Morgan fingerprint density at radius 3 is 2.57 bits per heavy atom. The number of halogens is 1. The fourth-order valence-electron chi connectivity index (χ4n) is 4.35. The summed E-state index contributed by atoms with van der Waals surface area (Å²) < 4.78 is 0. The molecule has 6 nitrogen and oxygen atoms in total. The maximum atomic E-state index is 12.7. The lowest BCUT2D eigenvalue weighted by Gasteiger charge is -2.36. The molecule has 0 spiro atoms. The number of likely N-dealkylation sites (tertiary alicyclic amines) is 1. The normalized spacial score (nSPS) is 19.5. The number of carbonyl (C=O) groups excluding carboxylic acids is 2. The van der Waals surface area contributed by atoms with Crippen LogP contribution in [0, 0.1) is 0 Å². The van der Waals surface area contributed by atoms with Crippen molar-refractivity contribution in [1.29, 1.82) is 0 Å². The zero-order valence-corrected chi connectivity index (χ0v) is 19.0. The second kappa shape index (κ2) is 9.52. The topological polar surface area (TPSA) is 47.1 Å². The molecule has 0 bridgehead atoms. The molecule has 4 rings (SSSR count). The zero-order valence-electron chi connectivity index (χ0n) is 17.4. The number of aryl methyl sites for hydroxylation is 1. The van der Waals surface area contributed by atoms with E-state index in [1.807, 2.05) is 51.8 Å². The van der Waals surface area contributed by atoms with Crippen LogP contribution in [0.2, 0.25) is 5.02 Å². The van der Waals surface area contributed by atoms with E-state index in [-0.39, 0.29) is 17.9 Å². The van der Waals surface area contributed by atoms with E-state index in [1.54, 1.807) is 0 Å². The van der Waals surface area contributed by atoms with Crippen LogP contribution in [0.3, 0.4) is 0 Å². The first-order chi connectivity index (χ1) is 14.5. The van der Waals surface area contributed by atoms with Gasteiger partial charge in [0, 0.05) is 49.6 Å². The van der Waals surface area contributed by atoms with Crippen LogP contribution < -0.4 is 0 Å². The predicted octanol–water partition coefficient (Wildman–Crippen LogP) is 2.84. The van der Waals surface area contributed by atoms with Crippen LogP contribution >= 0.6 is 23.4 Å². The Morgan fingerprint density at radius 1 is 1.13 bits per heavy atom. The van der Waals surface area contributed by atoms with Crippen molar-refractivity contribution in [3.8, 4) is 0 Å². The number of hydrogen-bond donors (Lipinski definition) is 0. The molecule has 0 saturated carbocycles. The van der Waals surface area contributed by atoms with Crippen molar-refractivity contribution >= 4 is 35.2 Å². The maximum Gasteiger partial charge on any atom is 0.273 e. The van der Waals surface area contributed by atoms with E-state index < -0.39 is 0 Å². The molecular formula is C22H29ClN4O2S. The van der Waals surface area contributed by atoms with Crippen molar-refractivity contribution in [2.24, 2.45) is 0 Å². The first-order valence-corrected chi connectivity index (χ1v) is 12.1. The summed E-state index contributed by atoms with van der Waals surface area (Å²) in [6.07, 6.45) is 5.27. The van der Waals surface area contributed by atoms with Crippen LogP contribution in [-0.4, -0.2) is 82.4 Å². The molecule has 0 N–H and O–H groups in total. The summed E-state index contributed by atoms with van der Waals surface area (Å²) in [5.74, 6) is 2.25. The van der Waals surface area contributed by atoms with Crippen molar-refractivity contribution < 1.29 is 9.59 Å². The number of rotatable bonds is 7. The standard InChI is InChI=1S/C22H29ClN4O2S/c1-24-14-20-22(29)27(16-26(20)15-24)19-6-10-25(11-7-19)21(28)9-13-30-12-8-17-2-4-18(23)5-3-17/h2-5,14,19H,6-13,15-16H2,1H3. The summed E-state index contributed by atoms with van der Waals surface area (Å²) in [6.45, 7) is 2.96. The molecule has 8 heteroatoms. The van der Waals surface area contributed by atoms with Crippen molar-refractivity contribution in [3.05, 3.63) is 46.7 Å². The van der Waals surface area contributed by atoms with Gasteiger partial charge in [0.2, 0.25) is 5.91 Å². The van der Waals surface area contributed by atoms with Gasteiger partial charge in [-0.25, -0.2) is 0 Å². The van der Waals surface area contributed by atoms with Gasteiger partial charge >= 0.3 is 0 Å². The Bertz CT molecular complexity index is 808.